The van der Waals surface area contributed by atoms with Gasteiger partial charge in [0.2, 0.25) is 0 Å². The van der Waals surface area contributed by atoms with Gasteiger partial charge in [-0.1, -0.05) is 53.7 Å². The van der Waals surface area contributed by atoms with E-state index in [1.165, 1.54) is 11.1 Å². The second kappa shape index (κ2) is 3.28. The molecule has 0 unspecified atom stereocenters. The first kappa shape index (κ1) is 12.5. The van der Waals surface area contributed by atoms with E-state index in [9.17, 15) is 0 Å². The molecule has 0 amide bonds. The van der Waals surface area contributed by atoms with Crippen molar-refractivity contribution < 1.29 is 4.74 Å². The van der Waals surface area contributed by atoms with E-state index in [-0.39, 0.29) is 16.2 Å². The lowest BCUT2D eigenvalue weighted by molar-refractivity contribution is 0.123. The van der Waals surface area contributed by atoms with Crippen molar-refractivity contribution in [2.24, 2.45) is 5.41 Å². The first-order chi connectivity index (χ1) is 7.68. The Morgan fingerprint density at radius 2 is 1.47 bits per heavy atom. The Morgan fingerprint density at radius 1 is 0.882 bits per heavy atom. The zero-order valence-electron chi connectivity index (χ0n) is 12.1. The van der Waals surface area contributed by atoms with Crippen LogP contribution in [0.4, 0.5) is 0 Å². The number of rotatable bonds is 1. The van der Waals surface area contributed by atoms with Crippen molar-refractivity contribution in [1.82, 2.24) is 0 Å². The van der Waals surface area contributed by atoms with Crippen LogP contribution < -0.4 is 4.74 Å². The van der Waals surface area contributed by atoms with Crippen LogP contribution in [0, 0.1) is 5.41 Å². The summed E-state index contributed by atoms with van der Waals surface area (Å²) < 4.78 is 5.58. The molecule has 1 aromatic rings. The third kappa shape index (κ3) is 1.26. The van der Waals surface area contributed by atoms with Gasteiger partial charge in [-0.15, -0.1) is 0 Å². The molecule has 0 fully saturated rings. The highest BCUT2D eigenvalue weighted by Crippen LogP contribution is 2.63. The lowest BCUT2D eigenvalue weighted by Gasteiger charge is -2.44. The minimum absolute atomic E-state index is 0.123. The van der Waals surface area contributed by atoms with E-state index >= 15 is 0 Å². The summed E-state index contributed by atoms with van der Waals surface area (Å²) in [6.07, 6.45) is 0. The summed E-state index contributed by atoms with van der Waals surface area (Å²) in [7, 11) is 1.77. The van der Waals surface area contributed by atoms with Crippen molar-refractivity contribution in [3.05, 3.63) is 29.3 Å². The summed E-state index contributed by atoms with van der Waals surface area (Å²) in [4.78, 5) is 0. The Labute approximate surface area is 105 Å². The van der Waals surface area contributed by atoms with Crippen LogP contribution >= 0.6 is 0 Å². The van der Waals surface area contributed by atoms with Crippen molar-refractivity contribution in [1.29, 1.82) is 0 Å². The minimum Gasteiger partial charge on any atom is -0.496 e. The summed E-state index contributed by atoms with van der Waals surface area (Å²) >= 11 is 0. The van der Waals surface area contributed by atoms with Crippen molar-refractivity contribution in [3.63, 3.8) is 0 Å². The highest BCUT2D eigenvalue weighted by molar-refractivity contribution is 5.55. The van der Waals surface area contributed by atoms with Gasteiger partial charge in [-0.2, -0.15) is 0 Å². The van der Waals surface area contributed by atoms with Crippen molar-refractivity contribution in [3.8, 4) is 5.75 Å². The third-order valence-corrected chi connectivity index (χ3v) is 5.67. The van der Waals surface area contributed by atoms with Crippen LogP contribution in [0.3, 0.4) is 0 Å². The molecule has 0 aliphatic heterocycles. The Morgan fingerprint density at radius 3 is 2.00 bits per heavy atom. The van der Waals surface area contributed by atoms with E-state index in [4.69, 9.17) is 4.74 Å². The van der Waals surface area contributed by atoms with Gasteiger partial charge in [-0.3, -0.25) is 0 Å². The first-order valence-electron chi connectivity index (χ1n) is 6.36. The standard InChI is InChI=1S/C16H24O/c1-14(2)11-9-8-10-12(17-7)13(11)15(3,4)16(14,5)6/h8-10H,1-7H3. The molecule has 1 heteroatoms. The summed E-state index contributed by atoms with van der Waals surface area (Å²) in [5.41, 5.74) is 3.32. The van der Waals surface area contributed by atoms with E-state index in [1.807, 2.05) is 0 Å². The SMILES string of the molecule is COc1cccc2c1C(C)(C)C(C)(C)C2(C)C. The molecule has 1 aromatic carbocycles. The molecular formula is C16H24O. The first-order valence-corrected chi connectivity index (χ1v) is 6.36. The highest BCUT2D eigenvalue weighted by Gasteiger charge is 2.57. The molecule has 0 saturated heterocycles. The molecule has 0 atom stereocenters. The maximum Gasteiger partial charge on any atom is 0.122 e. The molecule has 0 N–H and O–H groups in total. The van der Waals surface area contributed by atoms with Gasteiger partial charge in [0, 0.05) is 5.56 Å². The van der Waals surface area contributed by atoms with Crippen LogP contribution in [0.2, 0.25) is 0 Å². The Balaban J connectivity index is 2.82. The molecule has 0 aromatic heterocycles. The topological polar surface area (TPSA) is 9.23 Å². The van der Waals surface area contributed by atoms with E-state index < -0.39 is 0 Å². The van der Waals surface area contributed by atoms with E-state index in [0.29, 0.717) is 0 Å². The number of benzene rings is 1. The number of fused-ring (bicyclic) bond motifs is 1. The number of methoxy groups -OCH3 is 1. The second-order valence-corrected chi connectivity index (χ2v) is 6.76. The predicted octanol–water partition coefficient (Wildman–Crippen LogP) is 4.29. The summed E-state index contributed by atoms with van der Waals surface area (Å²) in [5, 5.41) is 0. The molecule has 17 heavy (non-hydrogen) atoms. The largest absolute Gasteiger partial charge is 0.496 e. The van der Waals surface area contributed by atoms with Crippen molar-refractivity contribution in [2.45, 2.75) is 52.4 Å². The Hall–Kier alpha value is -0.980. The molecule has 1 aliphatic rings. The van der Waals surface area contributed by atoms with E-state index in [2.05, 4.69) is 59.7 Å². The summed E-state index contributed by atoms with van der Waals surface area (Å²) in [5.74, 6) is 1.03. The van der Waals surface area contributed by atoms with Gasteiger partial charge < -0.3 is 4.74 Å². The Kier molecular flexibility index (Phi) is 2.40. The molecule has 0 saturated carbocycles. The van der Waals surface area contributed by atoms with Crippen LogP contribution in [0.15, 0.2) is 18.2 Å². The summed E-state index contributed by atoms with van der Waals surface area (Å²) in [6, 6.07) is 6.45. The molecule has 1 aliphatic carbocycles. The molecular weight excluding hydrogens is 208 g/mol. The number of ether oxygens (including phenoxy) is 1. The van der Waals surface area contributed by atoms with E-state index in [0.717, 1.165) is 5.75 Å². The fourth-order valence-corrected chi connectivity index (χ4v) is 3.30. The smallest absolute Gasteiger partial charge is 0.122 e. The zero-order valence-corrected chi connectivity index (χ0v) is 12.1. The number of hydrogen-bond donors (Lipinski definition) is 0. The van der Waals surface area contributed by atoms with Crippen molar-refractivity contribution >= 4 is 0 Å². The molecule has 0 bridgehead atoms. The lowest BCUT2D eigenvalue weighted by Crippen LogP contribution is -2.42. The zero-order chi connectivity index (χ0) is 13.1. The van der Waals surface area contributed by atoms with Gasteiger partial charge in [-0.05, 0) is 27.9 Å². The molecule has 2 rings (SSSR count). The van der Waals surface area contributed by atoms with E-state index in [1.54, 1.807) is 7.11 Å². The fraction of sp³-hybridized carbons (Fsp3) is 0.625. The molecule has 0 spiro atoms. The monoisotopic (exact) mass is 232 g/mol. The van der Waals surface area contributed by atoms with Crippen LogP contribution in [0.5, 0.6) is 5.75 Å². The fourth-order valence-electron chi connectivity index (χ4n) is 3.30. The predicted molar refractivity (Wildman–Crippen MR) is 72.8 cm³/mol. The van der Waals surface area contributed by atoms with Gasteiger partial charge in [0.25, 0.3) is 0 Å². The van der Waals surface area contributed by atoms with Crippen LogP contribution in [-0.4, -0.2) is 7.11 Å². The average Bonchev–Trinajstić information content (AvgIpc) is 2.36. The second-order valence-electron chi connectivity index (χ2n) is 6.76. The van der Waals surface area contributed by atoms with Crippen molar-refractivity contribution in [2.75, 3.05) is 7.11 Å². The van der Waals surface area contributed by atoms with Gasteiger partial charge in [-0.25, -0.2) is 0 Å². The Bertz CT molecular complexity index is 453. The lowest BCUT2D eigenvalue weighted by atomic mass is 9.59. The van der Waals surface area contributed by atoms with Crippen LogP contribution in [0.1, 0.15) is 52.7 Å². The molecule has 0 radical (unpaired) electrons. The minimum atomic E-state index is 0.123. The van der Waals surface area contributed by atoms with Gasteiger partial charge in [0.15, 0.2) is 0 Å². The van der Waals surface area contributed by atoms with Gasteiger partial charge >= 0.3 is 0 Å². The van der Waals surface area contributed by atoms with Gasteiger partial charge in [0.1, 0.15) is 5.75 Å². The van der Waals surface area contributed by atoms with Crippen LogP contribution in [0.25, 0.3) is 0 Å². The van der Waals surface area contributed by atoms with Gasteiger partial charge in [0.05, 0.1) is 7.11 Å². The molecule has 0 heterocycles. The molecule has 94 valence electrons. The van der Waals surface area contributed by atoms with Crippen LogP contribution in [-0.2, 0) is 10.8 Å². The maximum absolute atomic E-state index is 5.58. The average molecular weight is 232 g/mol. The summed E-state index contributed by atoms with van der Waals surface area (Å²) in [6.45, 7) is 14.1. The maximum atomic E-state index is 5.58. The highest BCUT2D eigenvalue weighted by atomic mass is 16.5. The normalized spacial score (nSPS) is 23.2. The quantitative estimate of drug-likeness (QED) is 0.702. The molecule has 1 nitrogen and oxygen atoms in total. The third-order valence-electron chi connectivity index (χ3n) is 5.67. The number of hydrogen-bond acceptors (Lipinski definition) is 1.